The average molecular weight is 290 g/mol. The number of aryl methyl sites for hydroxylation is 3. The largest absolute Gasteiger partial charge is 0.378 e. The van der Waals surface area contributed by atoms with Crippen LogP contribution < -0.4 is 5.73 Å². The van der Waals surface area contributed by atoms with Crippen LogP contribution in [0.3, 0.4) is 0 Å². The van der Waals surface area contributed by atoms with Crippen molar-refractivity contribution in [2.75, 3.05) is 26.2 Å². The minimum atomic E-state index is 0.439. The fourth-order valence-corrected chi connectivity index (χ4v) is 3.00. The van der Waals surface area contributed by atoms with Crippen LogP contribution in [0.4, 0.5) is 0 Å². The van der Waals surface area contributed by atoms with Gasteiger partial charge in [-0.15, -0.1) is 0 Å². The van der Waals surface area contributed by atoms with Gasteiger partial charge in [0.25, 0.3) is 0 Å². The highest BCUT2D eigenvalue weighted by Crippen LogP contribution is 2.20. The molecule has 0 radical (unpaired) electrons. The lowest BCUT2D eigenvalue weighted by Gasteiger charge is -2.32. The molecule has 1 aromatic rings. The van der Waals surface area contributed by atoms with E-state index in [9.17, 15) is 0 Å². The number of hydrogen-bond acceptors (Lipinski definition) is 3. The van der Waals surface area contributed by atoms with Gasteiger partial charge in [0.05, 0.1) is 6.10 Å². The van der Waals surface area contributed by atoms with Crippen LogP contribution in [0, 0.1) is 20.8 Å². The molecule has 0 unspecified atom stereocenters. The van der Waals surface area contributed by atoms with Crippen molar-refractivity contribution in [2.45, 2.75) is 52.7 Å². The van der Waals surface area contributed by atoms with Gasteiger partial charge in [-0.1, -0.05) is 12.1 Å². The minimum Gasteiger partial charge on any atom is -0.378 e. The van der Waals surface area contributed by atoms with Gasteiger partial charge in [0, 0.05) is 26.2 Å². The topological polar surface area (TPSA) is 38.5 Å². The number of piperidine rings is 1. The van der Waals surface area contributed by atoms with Crippen LogP contribution in [0.2, 0.25) is 0 Å². The highest BCUT2D eigenvalue weighted by Gasteiger charge is 2.20. The Bertz CT molecular complexity index is 451. The van der Waals surface area contributed by atoms with Crippen molar-refractivity contribution >= 4 is 0 Å². The summed E-state index contributed by atoms with van der Waals surface area (Å²) >= 11 is 0. The van der Waals surface area contributed by atoms with E-state index < -0.39 is 0 Å². The number of benzene rings is 1. The maximum absolute atomic E-state index is 5.87. The van der Waals surface area contributed by atoms with Crippen molar-refractivity contribution in [2.24, 2.45) is 5.73 Å². The van der Waals surface area contributed by atoms with Crippen LogP contribution >= 0.6 is 0 Å². The van der Waals surface area contributed by atoms with E-state index in [1.54, 1.807) is 0 Å². The van der Waals surface area contributed by atoms with Gasteiger partial charge in [0.1, 0.15) is 0 Å². The fourth-order valence-electron chi connectivity index (χ4n) is 3.00. The molecule has 21 heavy (non-hydrogen) atoms. The molecule has 118 valence electrons. The Balaban J connectivity index is 1.82. The van der Waals surface area contributed by atoms with E-state index in [4.69, 9.17) is 10.5 Å². The van der Waals surface area contributed by atoms with E-state index in [-0.39, 0.29) is 0 Å². The molecule has 1 aromatic carbocycles. The van der Waals surface area contributed by atoms with Crippen LogP contribution in [0.5, 0.6) is 0 Å². The Labute approximate surface area is 129 Å². The third-order valence-electron chi connectivity index (χ3n) is 4.58. The second kappa shape index (κ2) is 7.92. The first-order chi connectivity index (χ1) is 10.1. The van der Waals surface area contributed by atoms with E-state index in [1.807, 2.05) is 0 Å². The highest BCUT2D eigenvalue weighted by atomic mass is 16.5. The molecule has 1 heterocycles. The normalized spacial score (nSPS) is 17.3. The number of likely N-dealkylation sites (tertiary alicyclic amines) is 1. The molecule has 0 atom stereocenters. The zero-order valence-electron chi connectivity index (χ0n) is 13.8. The lowest BCUT2D eigenvalue weighted by atomic mass is 9.99. The van der Waals surface area contributed by atoms with Gasteiger partial charge in [-0.3, -0.25) is 4.90 Å². The third-order valence-corrected chi connectivity index (χ3v) is 4.58. The summed E-state index contributed by atoms with van der Waals surface area (Å²) in [6.07, 6.45) is 3.71. The lowest BCUT2D eigenvalue weighted by Crippen LogP contribution is -2.37. The number of nitrogens with zero attached hydrogens (tertiary/aromatic N) is 1. The number of hydrogen-bond donors (Lipinski definition) is 1. The summed E-state index contributed by atoms with van der Waals surface area (Å²) in [6, 6.07) is 4.67. The van der Waals surface area contributed by atoms with Gasteiger partial charge in [0.15, 0.2) is 0 Å². The first kappa shape index (κ1) is 16.5. The summed E-state index contributed by atoms with van der Waals surface area (Å²) in [4.78, 5) is 2.56. The second-order valence-corrected chi connectivity index (χ2v) is 6.35. The average Bonchev–Trinajstić information content (AvgIpc) is 2.47. The van der Waals surface area contributed by atoms with Crippen LogP contribution in [-0.4, -0.2) is 37.2 Å². The highest BCUT2D eigenvalue weighted by molar-refractivity contribution is 5.36. The quantitative estimate of drug-likeness (QED) is 0.819. The second-order valence-electron chi connectivity index (χ2n) is 6.35. The van der Waals surface area contributed by atoms with Crippen molar-refractivity contribution in [3.8, 4) is 0 Å². The molecule has 0 aliphatic carbocycles. The molecule has 1 aliphatic rings. The Morgan fingerprint density at radius 1 is 1.10 bits per heavy atom. The van der Waals surface area contributed by atoms with Gasteiger partial charge in [-0.05, 0) is 68.8 Å². The molecule has 0 aromatic heterocycles. The van der Waals surface area contributed by atoms with Gasteiger partial charge in [-0.2, -0.15) is 0 Å². The third kappa shape index (κ3) is 4.80. The predicted octanol–water partition coefficient (Wildman–Crippen LogP) is 2.94. The standard InChI is InChI=1S/C18H30N2O/c1-14-11-16(3)17(12-15(14)2)13-20-8-5-18(6-9-20)21-10-4-7-19/h11-12,18H,4-10,13,19H2,1-3H3. The lowest BCUT2D eigenvalue weighted by molar-refractivity contribution is 0.00560. The molecule has 1 saturated heterocycles. The minimum absolute atomic E-state index is 0.439. The van der Waals surface area contributed by atoms with E-state index in [0.717, 1.165) is 52.0 Å². The molecular weight excluding hydrogens is 260 g/mol. The van der Waals surface area contributed by atoms with Crippen molar-refractivity contribution in [3.63, 3.8) is 0 Å². The molecule has 3 heteroatoms. The molecule has 1 aliphatic heterocycles. The molecule has 0 spiro atoms. The Kier molecular flexibility index (Phi) is 6.22. The van der Waals surface area contributed by atoms with E-state index >= 15 is 0 Å². The summed E-state index contributed by atoms with van der Waals surface area (Å²) < 4.78 is 5.87. The van der Waals surface area contributed by atoms with Crippen molar-refractivity contribution in [3.05, 3.63) is 34.4 Å². The van der Waals surface area contributed by atoms with E-state index in [0.29, 0.717) is 6.10 Å². The smallest absolute Gasteiger partial charge is 0.0599 e. The fraction of sp³-hybridized carbons (Fsp3) is 0.667. The monoisotopic (exact) mass is 290 g/mol. The van der Waals surface area contributed by atoms with Crippen LogP contribution in [0.15, 0.2) is 12.1 Å². The zero-order chi connectivity index (χ0) is 15.2. The molecule has 2 rings (SSSR count). The van der Waals surface area contributed by atoms with Gasteiger partial charge in [0.2, 0.25) is 0 Å². The summed E-state index contributed by atoms with van der Waals surface area (Å²) in [5.41, 5.74) is 11.2. The van der Waals surface area contributed by atoms with Crippen LogP contribution in [0.1, 0.15) is 41.5 Å². The Morgan fingerprint density at radius 2 is 1.76 bits per heavy atom. The van der Waals surface area contributed by atoms with E-state index in [1.165, 1.54) is 22.3 Å². The summed E-state index contributed by atoms with van der Waals surface area (Å²) in [6.45, 7) is 11.5. The Morgan fingerprint density at radius 3 is 2.43 bits per heavy atom. The number of rotatable bonds is 6. The zero-order valence-corrected chi connectivity index (χ0v) is 13.8. The molecule has 1 fully saturated rings. The summed E-state index contributed by atoms with van der Waals surface area (Å²) in [5.74, 6) is 0. The Hall–Kier alpha value is -0.900. The van der Waals surface area contributed by atoms with E-state index in [2.05, 4.69) is 37.8 Å². The molecule has 0 saturated carbocycles. The SMILES string of the molecule is Cc1cc(C)c(CN2CCC(OCCCN)CC2)cc1C. The van der Waals surface area contributed by atoms with Crippen LogP contribution in [0.25, 0.3) is 0 Å². The van der Waals surface area contributed by atoms with Crippen molar-refractivity contribution in [1.29, 1.82) is 0 Å². The predicted molar refractivity (Wildman–Crippen MR) is 88.6 cm³/mol. The molecule has 0 amide bonds. The maximum atomic E-state index is 5.87. The molecular formula is C18H30N2O. The number of ether oxygens (including phenoxy) is 1. The molecule has 2 N–H and O–H groups in total. The first-order valence-corrected chi connectivity index (χ1v) is 8.21. The summed E-state index contributed by atoms with van der Waals surface area (Å²) in [7, 11) is 0. The number of nitrogens with two attached hydrogens (primary N) is 1. The van der Waals surface area contributed by atoms with Gasteiger partial charge >= 0.3 is 0 Å². The first-order valence-electron chi connectivity index (χ1n) is 8.21. The maximum Gasteiger partial charge on any atom is 0.0599 e. The molecule has 0 bridgehead atoms. The van der Waals surface area contributed by atoms with Gasteiger partial charge in [-0.25, -0.2) is 0 Å². The van der Waals surface area contributed by atoms with Gasteiger partial charge < -0.3 is 10.5 Å². The van der Waals surface area contributed by atoms with Crippen molar-refractivity contribution in [1.82, 2.24) is 4.90 Å². The van der Waals surface area contributed by atoms with Crippen molar-refractivity contribution < 1.29 is 4.74 Å². The van der Waals surface area contributed by atoms with Crippen LogP contribution in [-0.2, 0) is 11.3 Å². The molecule has 3 nitrogen and oxygen atoms in total. The summed E-state index contributed by atoms with van der Waals surface area (Å²) in [5, 5.41) is 0.